The van der Waals surface area contributed by atoms with Crippen LogP contribution in [0.3, 0.4) is 0 Å². The zero-order chi connectivity index (χ0) is 30.2. The Labute approximate surface area is 244 Å². The van der Waals surface area contributed by atoms with Crippen molar-refractivity contribution in [1.82, 2.24) is 4.98 Å². The van der Waals surface area contributed by atoms with Gasteiger partial charge in [-0.3, -0.25) is 4.79 Å². The molecule has 3 heterocycles. The minimum atomic E-state index is -4.62. The van der Waals surface area contributed by atoms with E-state index in [4.69, 9.17) is 14.3 Å². The molecule has 0 bridgehead atoms. The van der Waals surface area contributed by atoms with Crippen LogP contribution in [0.2, 0.25) is 0 Å². The summed E-state index contributed by atoms with van der Waals surface area (Å²) in [6, 6.07) is 12.2. The zero-order valence-electron chi connectivity index (χ0n) is 24.0. The van der Waals surface area contributed by atoms with Crippen LogP contribution in [0.5, 0.6) is 5.75 Å². The number of rotatable bonds is 10. The second-order valence-electron chi connectivity index (χ2n) is 10.9. The van der Waals surface area contributed by atoms with Crippen LogP contribution >= 0.6 is 0 Å². The molecule has 0 fully saturated rings. The van der Waals surface area contributed by atoms with Gasteiger partial charge in [0, 0.05) is 52.3 Å². The highest BCUT2D eigenvalue weighted by atomic mass is 32.2. The number of fused-ring (bicyclic) bond motifs is 3. The standard InChI is InChI=1S/C31H33N3O7S/c1-31(2)22-19-21(42(37,38)39)15-16-23(22)34(17-7-5-6-14-28(35)36)26(31)12-9-13-27-32-30-25(41-27)18-20-10-8-11-24(40-4)29(20)33(30)3/h8-13,15-16,18-19H,5-7,14,17H2,1-4H3,(H-,35,36,37,38,39). The van der Waals surface area contributed by atoms with Gasteiger partial charge in [-0.15, -0.1) is 0 Å². The molecule has 2 aromatic carbocycles. The number of oxazole rings is 1. The van der Waals surface area contributed by atoms with Crippen LogP contribution < -0.4 is 14.2 Å². The molecule has 5 rings (SSSR count). The molecule has 1 N–H and O–H groups in total. The molecule has 0 radical (unpaired) electrons. The van der Waals surface area contributed by atoms with Gasteiger partial charge in [0.25, 0.3) is 0 Å². The number of aliphatic carboxylic acids is 1. The van der Waals surface area contributed by atoms with E-state index >= 15 is 0 Å². The summed E-state index contributed by atoms with van der Waals surface area (Å²) in [5.41, 5.74) is 4.06. The lowest BCUT2D eigenvalue weighted by atomic mass is 9.83. The molecule has 1 aliphatic heterocycles. The second kappa shape index (κ2) is 11.2. The minimum absolute atomic E-state index is 0.114. The third-order valence-corrected chi connectivity index (χ3v) is 8.59. The molecule has 11 heteroatoms. The van der Waals surface area contributed by atoms with Crippen molar-refractivity contribution in [1.29, 1.82) is 0 Å². The van der Waals surface area contributed by atoms with Crippen LogP contribution in [-0.4, -0.2) is 42.7 Å². The number of allylic oxidation sites excluding steroid dienone is 3. The van der Waals surface area contributed by atoms with E-state index in [2.05, 4.69) is 9.88 Å². The molecular formula is C31H33N3O7S. The molecule has 0 amide bonds. The molecule has 0 saturated heterocycles. The summed E-state index contributed by atoms with van der Waals surface area (Å²) in [6.45, 7) is 4.57. The Balaban J connectivity index is 1.49. The van der Waals surface area contributed by atoms with E-state index in [-0.39, 0.29) is 11.3 Å². The molecule has 0 spiro atoms. The number of hydrogen-bond acceptors (Lipinski definition) is 8. The van der Waals surface area contributed by atoms with Gasteiger partial charge < -0.3 is 23.7 Å². The third kappa shape index (κ3) is 5.49. The van der Waals surface area contributed by atoms with Crippen molar-refractivity contribution in [2.75, 3.05) is 18.6 Å². The highest BCUT2D eigenvalue weighted by molar-refractivity contribution is 7.85. The van der Waals surface area contributed by atoms with Gasteiger partial charge in [-0.2, -0.15) is 0 Å². The number of unbranched alkanes of at least 4 members (excludes halogenated alkanes) is 2. The van der Waals surface area contributed by atoms with Gasteiger partial charge in [0.1, 0.15) is 10.1 Å². The zero-order valence-corrected chi connectivity index (χ0v) is 24.8. The van der Waals surface area contributed by atoms with Gasteiger partial charge in [0.15, 0.2) is 11.3 Å². The Hall–Kier alpha value is -4.22. The molecule has 4 aromatic rings. The highest BCUT2D eigenvalue weighted by Gasteiger charge is 2.40. The van der Waals surface area contributed by atoms with Crippen molar-refractivity contribution in [2.24, 2.45) is 7.05 Å². The van der Waals surface area contributed by atoms with Crippen molar-refractivity contribution < 1.29 is 36.6 Å². The topological polar surface area (TPSA) is 137 Å². The minimum Gasteiger partial charge on any atom is -0.744 e. The van der Waals surface area contributed by atoms with Crippen LogP contribution in [-0.2, 0) is 27.4 Å². The van der Waals surface area contributed by atoms with E-state index < -0.39 is 21.5 Å². The number of hydrogen-bond donors (Lipinski definition) is 1. The summed E-state index contributed by atoms with van der Waals surface area (Å²) >= 11 is 0. The molecule has 42 heavy (non-hydrogen) atoms. The quantitative estimate of drug-likeness (QED) is 0.152. The molecule has 10 nitrogen and oxygen atoms in total. The van der Waals surface area contributed by atoms with E-state index in [9.17, 15) is 17.8 Å². The number of carboxylic acids is 1. The fraction of sp³-hybridized carbons (Fsp3) is 0.323. The molecule has 0 aliphatic carbocycles. The smallest absolute Gasteiger partial charge is 0.371 e. The van der Waals surface area contributed by atoms with E-state index in [1.165, 1.54) is 12.1 Å². The van der Waals surface area contributed by atoms with E-state index in [1.54, 1.807) is 19.3 Å². The molecule has 0 saturated carbocycles. The van der Waals surface area contributed by atoms with E-state index in [0.717, 1.165) is 46.4 Å². The number of anilines is 1. The van der Waals surface area contributed by atoms with Crippen molar-refractivity contribution in [3.8, 4) is 5.75 Å². The Bertz CT molecular complexity index is 1860. The van der Waals surface area contributed by atoms with Crippen molar-refractivity contribution in [2.45, 2.75) is 49.8 Å². The van der Waals surface area contributed by atoms with Gasteiger partial charge in [-0.05, 0) is 48.7 Å². The van der Waals surface area contributed by atoms with Crippen LogP contribution in [0, 0.1) is 0 Å². The number of pyridine rings is 1. The van der Waals surface area contributed by atoms with Gasteiger partial charge in [-0.25, -0.2) is 13.0 Å². The summed E-state index contributed by atoms with van der Waals surface area (Å²) in [4.78, 5) is 17.4. The average molecular weight is 592 g/mol. The molecule has 0 unspecified atom stereocenters. The number of benzene rings is 2. The number of nitrogens with zero attached hydrogens (tertiary/aromatic N) is 3. The molecule has 2 aromatic heterocycles. The van der Waals surface area contributed by atoms with Gasteiger partial charge >= 0.3 is 17.5 Å². The lowest BCUT2D eigenvalue weighted by molar-refractivity contribution is -0.619. The number of aromatic nitrogens is 2. The highest BCUT2D eigenvalue weighted by Crippen LogP contribution is 2.48. The number of carbonyl (C=O) groups is 1. The fourth-order valence-corrected chi connectivity index (χ4v) is 6.17. The summed E-state index contributed by atoms with van der Waals surface area (Å²) in [6.07, 6.45) is 7.71. The second-order valence-corrected chi connectivity index (χ2v) is 12.2. The number of carboxylic acid groups (broad SMARTS) is 1. The Morgan fingerprint density at radius 2 is 1.98 bits per heavy atom. The van der Waals surface area contributed by atoms with E-state index in [1.807, 2.05) is 61.9 Å². The number of aryl methyl sites for hydroxylation is 1. The van der Waals surface area contributed by atoms with Crippen molar-refractivity contribution >= 4 is 50.0 Å². The van der Waals surface area contributed by atoms with Crippen LogP contribution in [0.1, 0.15) is 51.0 Å². The molecule has 0 atom stereocenters. The predicted molar refractivity (Wildman–Crippen MR) is 157 cm³/mol. The van der Waals surface area contributed by atoms with Crippen molar-refractivity contribution in [3.63, 3.8) is 0 Å². The summed E-state index contributed by atoms with van der Waals surface area (Å²) < 4.78 is 48.9. The Kier molecular flexibility index (Phi) is 7.82. The largest absolute Gasteiger partial charge is 0.744 e. The predicted octanol–water partition coefficient (Wildman–Crippen LogP) is 5.06. The fourth-order valence-electron chi connectivity index (χ4n) is 5.67. The first-order chi connectivity index (χ1) is 19.9. The maximum atomic E-state index is 11.8. The average Bonchev–Trinajstić information content (AvgIpc) is 3.43. The summed E-state index contributed by atoms with van der Waals surface area (Å²) in [5.74, 6) is 0.334. The Morgan fingerprint density at radius 1 is 1.19 bits per heavy atom. The first-order valence-electron chi connectivity index (χ1n) is 13.7. The third-order valence-electron chi connectivity index (χ3n) is 7.76. The Morgan fingerprint density at radius 3 is 2.69 bits per heavy atom. The SMILES string of the molecule is COc1cccc2cc3oc(/C=C/C=C4\N(CCCCCC(=O)O)c5ccc(S(=O)(=O)[O-])cc5C4(C)C)nc3[n+](C)c12. The molecule has 1 aliphatic rings. The normalized spacial score (nSPS) is 15.7. The first-order valence-corrected chi connectivity index (χ1v) is 15.1. The first kappa shape index (κ1) is 29.3. The summed E-state index contributed by atoms with van der Waals surface area (Å²) in [5, 5.41) is 9.92. The van der Waals surface area contributed by atoms with Crippen LogP contribution in [0.15, 0.2) is 69.6 Å². The van der Waals surface area contributed by atoms with E-state index in [0.29, 0.717) is 30.1 Å². The molecule has 220 valence electrons. The monoisotopic (exact) mass is 591 g/mol. The number of methoxy groups -OCH3 is 1. The van der Waals surface area contributed by atoms with Crippen molar-refractivity contribution in [3.05, 3.63) is 71.8 Å². The summed E-state index contributed by atoms with van der Waals surface area (Å²) in [7, 11) is -1.08. The lowest BCUT2D eigenvalue weighted by Gasteiger charge is -2.27. The van der Waals surface area contributed by atoms with Crippen LogP contribution in [0.25, 0.3) is 28.2 Å². The van der Waals surface area contributed by atoms with Gasteiger partial charge in [0.05, 0.1) is 19.1 Å². The van der Waals surface area contributed by atoms with Gasteiger partial charge in [0.2, 0.25) is 5.58 Å². The number of ether oxygens (including phenoxy) is 1. The maximum Gasteiger partial charge on any atom is 0.371 e. The maximum absolute atomic E-state index is 11.8. The van der Waals surface area contributed by atoms with Gasteiger partial charge in [-0.1, -0.05) is 38.5 Å². The number of para-hydroxylation sites is 1. The van der Waals surface area contributed by atoms with Crippen LogP contribution in [0.4, 0.5) is 5.69 Å². The lowest BCUT2D eigenvalue weighted by Crippen LogP contribution is -2.30. The molecular weight excluding hydrogens is 558 g/mol.